The fourth-order valence-electron chi connectivity index (χ4n) is 2.24. The molecule has 0 spiro atoms. The summed E-state index contributed by atoms with van der Waals surface area (Å²) in [5.41, 5.74) is 6.18. The second-order valence-electron chi connectivity index (χ2n) is 4.46. The summed E-state index contributed by atoms with van der Waals surface area (Å²) in [5.74, 6) is 0.702. The molecule has 5 N–H and O–H groups in total. The maximum atomic E-state index is 14.0. The Kier molecular flexibility index (Phi) is 2.88. The van der Waals surface area contributed by atoms with Crippen molar-refractivity contribution in [1.82, 2.24) is 9.55 Å². The van der Waals surface area contributed by atoms with Gasteiger partial charge < -0.3 is 26.0 Å². The van der Waals surface area contributed by atoms with Gasteiger partial charge in [0.2, 0.25) is 0 Å². The van der Waals surface area contributed by atoms with Gasteiger partial charge in [-0.3, -0.25) is 4.57 Å². The first-order valence-electron chi connectivity index (χ1n) is 5.83. The van der Waals surface area contributed by atoms with Crippen molar-refractivity contribution in [3.8, 4) is 0 Å². The average molecular weight is 271 g/mol. The predicted octanol–water partition coefficient (Wildman–Crippen LogP) is -1.29. The molecule has 2 aliphatic heterocycles. The van der Waals surface area contributed by atoms with Crippen molar-refractivity contribution in [2.75, 3.05) is 11.9 Å². The number of guanidine groups is 1. The molecule has 3 rings (SSSR count). The van der Waals surface area contributed by atoms with Crippen LogP contribution in [0, 0.1) is 0 Å². The third-order valence-electron chi connectivity index (χ3n) is 3.26. The number of halogens is 1. The molecule has 0 saturated carbocycles. The van der Waals surface area contributed by atoms with Crippen LogP contribution >= 0.6 is 0 Å². The number of aliphatic imine (C=N–C) groups is 1. The van der Waals surface area contributed by atoms with E-state index in [0.717, 1.165) is 0 Å². The summed E-state index contributed by atoms with van der Waals surface area (Å²) < 4.78 is 20.8. The number of anilines is 1. The van der Waals surface area contributed by atoms with Crippen LogP contribution in [0.15, 0.2) is 11.3 Å². The number of aliphatic hydroxyl groups is 2. The van der Waals surface area contributed by atoms with E-state index in [9.17, 15) is 9.50 Å². The zero-order valence-corrected chi connectivity index (χ0v) is 9.90. The molecular formula is C10H14FN5O3. The molecule has 4 atom stereocenters. The SMILES string of the molecule is NC1=NCc2ncn([C@@H]3O[C@H](CO)[C@@H](O)[C@H]3F)c2N1. The van der Waals surface area contributed by atoms with Crippen molar-refractivity contribution in [2.45, 2.75) is 31.2 Å². The standard InChI is InChI=1S/C10H14FN5O3/c11-6-7(18)5(2-17)19-9(6)16-3-14-4-1-13-10(12)15-8(4)16/h3,5-7,9,17-18H,1-2H2,(H3,12,13,15)/t5-,6-,7-,9-/m1/s1. The number of nitrogens with one attached hydrogen (secondary N) is 1. The van der Waals surface area contributed by atoms with E-state index in [1.807, 2.05) is 0 Å². The molecule has 19 heavy (non-hydrogen) atoms. The van der Waals surface area contributed by atoms with Crippen molar-refractivity contribution >= 4 is 11.8 Å². The van der Waals surface area contributed by atoms with Crippen LogP contribution in [0.2, 0.25) is 0 Å². The van der Waals surface area contributed by atoms with Crippen LogP contribution in [0.4, 0.5) is 10.2 Å². The highest BCUT2D eigenvalue weighted by Gasteiger charge is 2.45. The van der Waals surface area contributed by atoms with E-state index in [1.54, 1.807) is 0 Å². The Morgan fingerprint density at radius 1 is 1.63 bits per heavy atom. The number of nitrogens with two attached hydrogens (primary N) is 1. The van der Waals surface area contributed by atoms with Crippen molar-refractivity contribution in [1.29, 1.82) is 0 Å². The Morgan fingerprint density at radius 3 is 3.11 bits per heavy atom. The van der Waals surface area contributed by atoms with Gasteiger partial charge in [0.25, 0.3) is 0 Å². The monoisotopic (exact) mass is 271 g/mol. The first kappa shape index (κ1) is 12.3. The molecule has 0 bridgehead atoms. The smallest absolute Gasteiger partial charge is 0.194 e. The van der Waals surface area contributed by atoms with Crippen molar-refractivity contribution < 1.29 is 19.3 Å². The molecular weight excluding hydrogens is 257 g/mol. The summed E-state index contributed by atoms with van der Waals surface area (Å²) in [6, 6.07) is 0. The predicted molar refractivity (Wildman–Crippen MR) is 63.1 cm³/mol. The third-order valence-corrected chi connectivity index (χ3v) is 3.26. The lowest BCUT2D eigenvalue weighted by molar-refractivity contribution is -0.0465. The molecule has 1 saturated heterocycles. The quantitative estimate of drug-likeness (QED) is 0.531. The fourth-order valence-corrected chi connectivity index (χ4v) is 2.24. The molecule has 2 aliphatic rings. The van der Waals surface area contributed by atoms with Crippen LogP contribution in [0.1, 0.15) is 11.9 Å². The molecule has 8 nitrogen and oxygen atoms in total. The lowest BCUT2D eigenvalue weighted by Crippen LogP contribution is -2.31. The van der Waals surface area contributed by atoms with Gasteiger partial charge in [-0.05, 0) is 0 Å². The highest BCUT2D eigenvalue weighted by atomic mass is 19.1. The molecule has 3 heterocycles. The van der Waals surface area contributed by atoms with Crippen LogP contribution < -0.4 is 11.1 Å². The van der Waals surface area contributed by atoms with Crippen molar-refractivity contribution in [3.63, 3.8) is 0 Å². The minimum atomic E-state index is -1.66. The maximum absolute atomic E-state index is 14.0. The molecule has 9 heteroatoms. The van der Waals surface area contributed by atoms with E-state index < -0.39 is 31.2 Å². The number of hydrogen-bond acceptors (Lipinski definition) is 7. The molecule has 0 radical (unpaired) electrons. The lowest BCUT2D eigenvalue weighted by atomic mass is 10.1. The van der Waals surface area contributed by atoms with Gasteiger partial charge >= 0.3 is 0 Å². The maximum Gasteiger partial charge on any atom is 0.194 e. The van der Waals surface area contributed by atoms with Crippen LogP contribution in [0.3, 0.4) is 0 Å². The van der Waals surface area contributed by atoms with Gasteiger partial charge in [-0.25, -0.2) is 14.4 Å². The average Bonchev–Trinajstić information content (AvgIpc) is 2.92. The molecule has 0 aliphatic carbocycles. The summed E-state index contributed by atoms with van der Waals surface area (Å²) >= 11 is 0. The van der Waals surface area contributed by atoms with E-state index in [1.165, 1.54) is 10.9 Å². The Bertz CT molecular complexity index is 519. The fraction of sp³-hybridized carbons (Fsp3) is 0.600. The number of alkyl halides is 1. The van der Waals surface area contributed by atoms with Gasteiger partial charge in [0.15, 0.2) is 18.4 Å². The van der Waals surface area contributed by atoms with Gasteiger partial charge in [-0.2, -0.15) is 0 Å². The van der Waals surface area contributed by atoms with Crippen LogP contribution in [-0.4, -0.2) is 50.7 Å². The second kappa shape index (κ2) is 4.44. The normalized spacial score (nSPS) is 33.7. The van der Waals surface area contributed by atoms with Gasteiger partial charge in [0, 0.05) is 0 Å². The molecule has 0 unspecified atom stereocenters. The lowest BCUT2D eigenvalue weighted by Gasteiger charge is -2.20. The highest BCUT2D eigenvalue weighted by molar-refractivity contribution is 5.93. The number of ether oxygens (including phenoxy) is 1. The summed E-state index contributed by atoms with van der Waals surface area (Å²) in [7, 11) is 0. The first-order chi connectivity index (χ1) is 9.11. The number of fused-ring (bicyclic) bond motifs is 1. The second-order valence-corrected chi connectivity index (χ2v) is 4.46. The van der Waals surface area contributed by atoms with E-state index >= 15 is 0 Å². The van der Waals surface area contributed by atoms with Crippen molar-refractivity contribution in [2.24, 2.45) is 10.7 Å². The number of imidazole rings is 1. The van der Waals surface area contributed by atoms with Gasteiger partial charge in [0.05, 0.1) is 19.5 Å². The molecule has 104 valence electrons. The number of rotatable bonds is 2. The summed E-state index contributed by atoms with van der Waals surface area (Å²) in [5, 5.41) is 21.4. The van der Waals surface area contributed by atoms with E-state index in [0.29, 0.717) is 18.1 Å². The number of hydrogen-bond donors (Lipinski definition) is 4. The molecule has 0 amide bonds. The Morgan fingerprint density at radius 2 is 2.42 bits per heavy atom. The van der Waals surface area contributed by atoms with Gasteiger partial charge in [0.1, 0.15) is 23.7 Å². The van der Waals surface area contributed by atoms with Gasteiger partial charge in [-0.15, -0.1) is 0 Å². The Balaban J connectivity index is 1.91. The summed E-state index contributed by atoms with van der Waals surface area (Å²) in [6.07, 6.45) is -3.63. The van der Waals surface area contributed by atoms with E-state index in [4.69, 9.17) is 15.6 Å². The van der Waals surface area contributed by atoms with Crippen LogP contribution in [-0.2, 0) is 11.3 Å². The highest BCUT2D eigenvalue weighted by Crippen LogP contribution is 2.35. The van der Waals surface area contributed by atoms with E-state index in [-0.39, 0.29) is 5.96 Å². The largest absolute Gasteiger partial charge is 0.394 e. The number of aliphatic hydroxyl groups excluding tert-OH is 2. The summed E-state index contributed by atoms with van der Waals surface area (Å²) in [6.45, 7) is -0.150. The Labute approximate surface area is 107 Å². The minimum Gasteiger partial charge on any atom is -0.394 e. The molecule has 0 aromatic carbocycles. The topological polar surface area (TPSA) is 118 Å². The zero-order valence-electron chi connectivity index (χ0n) is 9.90. The van der Waals surface area contributed by atoms with Gasteiger partial charge in [-0.1, -0.05) is 0 Å². The minimum absolute atomic E-state index is 0.210. The number of nitrogens with zero attached hydrogens (tertiary/aromatic N) is 3. The van der Waals surface area contributed by atoms with Crippen LogP contribution in [0.25, 0.3) is 0 Å². The number of aromatic nitrogens is 2. The van der Waals surface area contributed by atoms with Crippen LogP contribution in [0.5, 0.6) is 0 Å². The van der Waals surface area contributed by atoms with Crippen molar-refractivity contribution in [3.05, 3.63) is 12.0 Å². The van der Waals surface area contributed by atoms with E-state index in [2.05, 4.69) is 15.3 Å². The zero-order chi connectivity index (χ0) is 13.6. The molecule has 1 aromatic heterocycles. The third kappa shape index (κ3) is 1.86. The molecule has 1 aromatic rings. The molecule has 1 fully saturated rings. The first-order valence-corrected chi connectivity index (χ1v) is 5.83. The summed E-state index contributed by atoms with van der Waals surface area (Å²) in [4.78, 5) is 8.05. The Hall–Kier alpha value is -1.71.